The number of aryl methyl sites for hydroxylation is 1. The number of urea groups is 1. The first-order valence-electron chi connectivity index (χ1n) is 8.94. The first-order valence-corrected chi connectivity index (χ1v) is 8.94. The van der Waals surface area contributed by atoms with E-state index >= 15 is 0 Å². The molecule has 2 aromatic heterocycles. The number of amides is 2. The Balaban J connectivity index is 1.76. The molecule has 140 valence electrons. The number of aromatic nitrogens is 3. The highest BCUT2D eigenvalue weighted by molar-refractivity contribution is 5.90. The van der Waals surface area contributed by atoms with Crippen LogP contribution in [0, 0.1) is 12.8 Å². The molecule has 0 aromatic carbocycles. The molecule has 0 saturated carbocycles. The highest BCUT2D eigenvalue weighted by Crippen LogP contribution is 2.30. The highest BCUT2D eigenvalue weighted by atomic mass is 16.5. The second-order valence-corrected chi connectivity index (χ2v) is 6.86. The van der Waals surface area contributed by atoms with E-state index in [9.17, 15) is 4.79 Å². The van der Waals surface area contributed by atoms with Crippen molar-refractivity contribution < 1.29 is 14.1 Å². The third kappa shape index (κ3) is 4.37. The van der Waals surface area contributed by atoms with Gasteiger partial charge < -0.3 is 19.9 Å². The standard InChI is InChI=1S/C18H25N5O3/c1-11(2)16-22-17(26-23-16)15(13-5-8-25-9-6-13)21-18(24)20-14-10-19-7-4-12(14)3/h4,7,10-11,13,15H,5-6,8-9H2,1-3H3,(H2,20,21,24)/t15-/m1/s1. The van der Waals surface area contributed by atoms with E-state index in [1.165, 1.54) is 0 Å². The van der Waals surface area contributed by atoms with Crippen LogP contribution in [0.1, 0.15) is 55.9 Å². The van der Waals surface area contributed by atoms with Crippen LogP contribution in [-0.2, 0) is 4.74 Å². The average molecular weight is 359 g/mol. The predicted molar refractivity (Wildman–Crippen MR) is 95.8 cm³/mol. The Morgan fingerprint density at radius 3 is 2.73 bits per heavy atom. The van der Waals surface area contributed by atoms with Crippen LogP contribution in [-0.4, -0.2) is 34.4 Å². The second kappa shape index (κ2) is 8.27. The smallest absolute Gasteiger partial charge is 0.319 e. The van der Waals surface area contributed by atoms with Gasteiger partial charge in [-0.15, -0.1) is 0 Å². The molecule has 2 N–H and O–H groups in total. The van der Waals surface area contributed by atoms with Gasteiger partial charge in [0, 0.05) is 25.3 Å². The minimum Gasteiger partial charge on any atom is -0.381 e. The van der Waals surface area contributed by atoms with Crippen LogP contribution in [0.2, 0.25) is 0 Å². The van der Waals surface area contributed by atoms with Gasteiger partial charge in [-0.1, -0.05) is 19.0 Å². The lowest BCUT2D eigenvalue weighted by Crippen LogP contribution is -2.38. The number of nitrogens with zero attached hydrogens (tertiary/aromatic N) is 3. The summed E-state index contributed by atoms with van der Waals surface area (Å²) in [5, 5.41) is 9.88. The third-order valence-electron chi connectivity index (χ3n) is 4.55. The van der Waals surface area contributed by atoms with Crippen molar-refractivity contribution in [1.82, 2.24) is 20.4 Å². The van der Waals surface area contributed by atoms with Crippen LogP contribution in [0.15, 0.2) is 23.0 Å². The largest absolute Gasteiger partial charge is 0.381 e. The molecule has 1 fully saturated rings. The minimum atomic E-state index is -0.351. The summed E-state index contributed by atoms with van der Waals surface area (Å²) in [6, 6.07) is 1.18. The molecule has 0 aliphatic carbocycles. The Morgan fingerprint density at radius 1 is 1.31 bits per heavy atom. The molecule has 1 aliphatic rings. The molecule has 0 spiro atoms. The van der Waals surface area contributed by atoms with Gasteiger partial charge in [0.15, 0.2) is 5.82 Å². The van der Waals surface area contributed by atoms with E-state index in [-0.39, 0.29) is 23.9 Å². The van der Waals surface area contributed by atoms with Gasteiger partial charge in [0.1, 0.15) is 6.04 Å². The third-order valence-corrected chi connectivity index (χ3v) is 4.55. The van der Waals surface area contributed by atoms with Gasteiger partial charge in [0.25, 0.3) is 0 Å². The Hall–Kier alpha value is -2.48. The van der Waals surface area contributed by atoms with E-state index in [0.29, 0.717) is 30.6 Å². The molecule has 8 nitrogen and oxygen atoms in total. The monoisotopic (exact) mass is 359 g/mol. The van der Waals surface area contributed by atoms with Crippen molar-refractivity contribution in [2.45, 2.75) is 45.6 Å². The number of ether oxygens (including phenoxy) is 1. The molecule has 0 bridgehead atoms. The summed E-state index contributed by atoms with van der Waals surface area (Å²) in [7, 11) is 0. The maximum Gasteiger partial charge on any atom is 0.319 e. The van der Waals surface area contributed by atoms with Crippen LogP contribution in [0.25, 0.3) is 0 Å². The molecule has 2 amide bonds. The Labute approximate surface area is 152 Å². The molecule has 0 radical (unpaired) electrons. The van der Waals surface area contributed by atoms with Gasteiger partial charge in [-0.05, 0) is 37.3 Å². The van der Waals surface area contributed by atoms with Crippen molar-refractivity contribution in [1.29, 1.82) is 0 Å². The maximum absolute atomic E-state index is 12.6. The summed E-state index contributed by atoms with van der Waals surface area (Å²) in [5.41, 5.74) is 1.61. The normalized spacial score (nSPS) is 16.5. The fraction of sp³-hybridized carbons (Fsp3) is 0.556. The molecule has 2 aromatic rings. The van der Waals surface area contributed by atoms with Crippen LogP contribution in [0.3, 0.4) is 0 Å². The van der Waals surface area contributed by atoms with Crippen molar-refractivity contribution in [2.75, 3.05) is 18.5 Å². The number of hydrogen-bond acceptors (Lipinski definition) is 6. The molecular weight excluding hydrogens is 334 g/mol. The van der Waals surface area contributed by atoms with E-state index in [4.69, 9.17) is 9.26 Å². The van der Waals surface area contributed by atoms with Crippen molar-refractivity contribution in [3.05, 3.63) is 35.7 Å². The Bertz CT molecular complexity index is 740. The first kappa shape index (κ1) is 18.3. The fourth-order valence-corrected chi connectivity index (χ4v) is 2.93. The summed E-state index contributed by atoms with van der Waals surface area (Å²) in [4.78, 5) is 21.1. The lowest BCUT2D eigenvalue weighted by atomic mass is 9.91. The minimum absolute atomic E-state index is 0.162. The SMILES string of the molecule is Cc1ccncc1NC(=O)N[C@@H](c1nc(C(C)C)no1)C1CCOCC1. The molecule has 3 rings (SSSR count). The van der Waals surface area contributed by atoms with Gasteiger partial charge in [0.05, 0.1) is 11.9 Å². The molecule has 8 heteroatoms. The van der Waals surface area contributed by atoms with Gasteiger partial charge in [0.2, 0.25) is 5.89 Å². The van der Waals surface area contributed by atoms with Crippen LogP contribution < -0.4 is 10.6 Å². The van der Waals surface area contributed by atoms with Crippen LogP contribution in [0.4, 0.5) is 10.5 Å². The van der Waals surface area contributed by atoms with E-state index < -0.39 is 0 Å². The van der Waals surface area contributed by atoms with Crippen LogP contribution >= 0.6 is 0 Å². The molecule has 26 heavy (non-hydrogen) atoms. The number of carbonyl (C=O) groups excluding carboxylic acids is 1. The number of carbonyl (C=O) groups is 1. The molecule has 0 unspecified atom stereocenters. The van der Waals surface area contributed by atoms with E-state index in [1.807, 2.05) is 26.8 Å². The second-order valence-electron chi connectivity index (χ2n) is 6.86. The van der Waals surface area contributed by atoms with E-state index in [2.05, 4.69) is 25.8 Å². The average Bonchev–Trinajstić information content (AvgIpc) is 3.12. The fourth-order valence-electron chi connectivity index (χ4n) is 2.93. The zero-order valence-electron chi connectivity index (χ0n) is 15.4. The number of rotatable bonds is 5. The molecule has 3 heterocycles. The molecular formula is C18H25N5O3. The zero-order chi connectivity index (χ0) is 18.5. The highest BCUT2D eigenvalue weighted by Gasteiger charge is 2.31. The van der Waals surface area contributed by atoms with E-state index in [0.717, 1.165) is 18.4 Å². The molecule has 1 atom stereocenters. The number of anilines is 1. The maximum atomic E-state index is 12.6. The predicted octanol–water partition coefficient (Wildman–Crippen LogP) is 3.19. The number of hydrogen-bond donors (Lipinski definition) is 2. The summed E-state index contributed by atoms with van der Waals surface area (Å²) < 4.78 is 10.9. The summed E-state index contributed by atoms with van der Waals surface area (Å²) in [6.45, 7) is 7.25. The van der Waals surface area contributed by atoms with Gasteiger partial charge in [-0.3, -0.25) is 4.98 Å². The van der Waals surface area contributed by atoms with Gasteiger partial charge >= 0.3 is 6.03 Å². The molecule has 1 saturated heterocycles. The summed E-state index contributed by atoms with van der Waals surface area (Å²) >= 11 is 0. The Kier molecular flexibility index (Phi) is 5.82. The lowest BCUT2D eigenvalue weighted by molar-refractivity contribution is 0.0506. The summed E-state index contributed by atoms with van der Waals surface area (Å²) in [5.74, 6) is 1.43. The van der Waals surface area contributed by atoms with Crippen molar-refractivity contribution >= 4 is 11.7 Å². The summed E-state index contributed by atoms with van der Waals surface area (Å²) in [6.07, 6.45) is 4.98. The van der Waals surface area contributed by atoms with Crippen molar-refractivity contribution in [3.63, 3.8) is 0 Å². The van der Waals surface area contributed by atoms with Crippen molar-refractivity contribution in [3.8, 4) is 0 Å². The quantitative estimate of drug-likeness (QED) is 0.850. The van der Waals surface area contributed by atoms with Crippen molar-refractivity contribution in [2.24, 2.45) is 5.92 Å². The number of nitrogens with one attached hydrogen (secondary N) is 2. The van der Waals surface area contributed by atoms with Gasteiger partial charge in [-0.2, -0.15) is 4.98 Å². The Morgan fingerprint density at radius 2 is 2.08 bits per heavy atom. The van der Waals surface area contributed by atoms with Gasteiger partial charge in [-0.25, -0.2) is 4.79 Å². The number of pyridine rings is 1. The topological polar surface area (TPSA) is 102 Å². The molecule has 1 aliphatic heterocycles. The first-order chi connectivity index (χ1) is 12.5. The lowest BCUT2D eigenvalue weighted by Gasteiger charge is -2.28. The zero-order valence-corrected chi connectivity index (χ0v) is 15.4. The van der Waals surface area contributed by atoms with E-state index in [1.54, 1.807) is 12.4 Å². The van der Waals surface area contributed by atoms with Crippen LogP contribution in [0.5, 0.6) is 0 Å².